The van der Waals surface area contributed by atoms with Gasteiger partial charge in [-0.15, -0.1) is 0 Å². The van der Waals surface area contributed by atoms with Gasteiger partial charge in [0.2, 0.25) is 0 Å². The van der Waals surface area contributed by atoms with E-state index in [1.54, 1.807) is 36.7 Å². The van der Waals surface area contributed by atoms with E-state index in [0.29, 0.717) is 40.1 Å². The van der Waals surface area contributed by atoms with Gasteiger partial charge in [0, 0.05) is 17.6 Å². The minimum atomic E-state index is -1.94. The molecule has 9 heteroatoms. The molecule has 0 spiro atoms. The Hall–Kier alpha value is -4.08. The van der Waals surface area contributed by atoms with Crippen LogP contribution in [0.3, 0.4) is 0 Å². The van der Waals surface area contributed by atoms with E-state index in [4.69, 9.17) is 9.47 Å². The predicted octanol–water partition coefficient (Wildman–Crippen LogP) is 4.75. The predicted molar refractivity (Wildman–Crippen MR) is 136 cm³/mol. The maximum atomic E-state index is 13.3. The molecule has 3 aromatic carbocycles. The first-order chi connectivity index (χ1) is 17.5. The molecule has 0 fully saturated rings. The summed E-state index contributed by atoms with van der Waals surface area (Å²) in [6.07, 6.45) is 2.81. The molecule has 1 aliphatic heterocycles. The third-order valence-corrected chi connectivity index (χ3v) is 6.84. The van der Waals surface area contributed by atoms with Gasteiger partial charge in [-0.1, -0.05) is 19.1 Å². The summed E-state index contributed by atoms with van der Waals surface area (Å²) in [6.45, 7) is 2.63. The van der Waals surface area contributed by atoms with Gasteiger partial charge in [-0.05, 0) is 66.1 Å². The van der Waals surface area contributed by atoms with Crippen molar-refractivity contribution in [3.63, 3.8) is 0 Å². The van der Waals surface area contributed by atoms with Crippen LogP contribution in [0.15, 0.2) is 72.6 Å². The summed E-state index contributed by atoms with van der Waals surface area (Å²) < 4.78 is 20.0. The van der Waals surface area contributed by atoms with Gasteiger partial charge in [0.05, 0.1) is 41.3 Å². The number of cyclic esters (lactones) is 1. The summed E-state index contributed by atoms with van der Waals surface area (Å²) in [4.78, 5) is 20.7. The van der Waals surface area contributed by atoms with Gasteiger partial charge in [-0.25, -0.2) is 9.78 Å². The Bertz CT molecular complexity index is 1620. The number of fused-ring (bicyclic) bond motifs is 2. The number of aromatic amines is 1. The highest BCUT2D eigenvalue weighted by Crippen LogP contribution is 2.45. The molecular weight excluding hydrogens is 476 g/mol. The number of esters is 1. The zero-order valence-electron chi connectivity index (χ0n) is 19.4. The second-order valence-electron chi connectivity index (χ2n) is 8.66. The van der Waals surface area contributed by atoms with Crippen LogP contribution in [0.1, 0.15) is 30.0 Å². The third kappa shape index (κ3) is 3.82. The lowest BCUT2D eigenvalue weighted by atomic mass is 9.88. The second kappa shape index (κ2) is 8.85. The molecule has 6 rings (SSSR count). The fraction of sp³-hybridized carbons (Fsp3) is 0.185. The molecule has 0 saturated carbocycles. The van der Waals surface area contributed by atoms with Crippen LogP contribution in [0, 0.1) is 0 Å². The first-order valence-corrected chi connectivity index (χ1v) is 12.4. The molecule has 0 bridgehead atoms. The average Bonchev–Trinajstić information content (AvgIpc) is 3.61. The van der Waals surface area contributed by atoms with Crippen molar-refractivity contribution in [3.8, 4) is 5.75 Å². The summed E-state index contributed by atoms with van der Waals surface area (Å²) in [7, 11) is 0. The van der Waals surface area contributed by atoms with Gasteiger partial charge in [0.25, 0.3) is 5.79 Å². The van der Waals surface area contributed by atoms with Crippen molar-refractivity contribution in [2.45, 2.75) is 25.6 Å². The number of ether oxygens (including phenoxy) is 2. The molecule has 1 atom stereocenters. The summed E-state index contributed by atoms with van der Waals surface area (Å²) in [5.41, 5.74) is 5.89. The second-order valence-corrected chi connectivity index (χ2v) is 9.19. The standard InChI is InChI=1S/C27H22N4O4S/c1-2-11-34-19-7-5-18(6-8-19)27(33)20(12-16-3-9-21-23(13-16)29-15-28-21)25(26(32)35-27)17-4-10-22-24(14-17)31-36-30-22/h3-10,13-15,33H,2,11-12H2,1H3,(H,28,29). The van der Waals surface area contributed by atoms with E-state index < -0.39 is 11.8 Å². The molecule has 1 aliphatic rings. The highest BCUT2D eigenvalue weighted by Gasteiger charge is 2.48. The van der Waals surface area contributed by atoms with Crippen molar-refractivity contribution in [1.29, 1.82) is 0 Å². The zero-order chi connectivity index (χ0) is 24.7. The van der Waals surface area contributed by atoms with Gasteiger partial charge in [0.15, 0.2) is 0 Å². The fourth-order valence-electron chi connectivity index (χ4n) is 4.50. The number of nitrogens with zero attached hydrogens (tertiary/aromatic N) is 3. The van der Waals surface area contributed by atoms with Crippen LogP contribution < -0.4 is 4.74 Å². The molecule has 3 heterocycles. The largest absolute Gasteiger partial charge is 0.494 e. The summed E-state index contributed by atoms with van der Waals surface area (Å²) in [6, 6.07) is 18.3. The highest BCUT2D eigenvalue weighted by molar-refractivity contribution is 7.00. The van der Waals surface area contributed by atoms with Crippen molar-refractivity contribution in [2.24, 2.45) is 0 Å². The number of H-pyrrole nitrogens is 1. The van der Waals surface area contributed by atoms with Crippen molar-refractivity contribution in [1.82, 2.24) is 18.7 Å². The van der Waals surface area contributed by atoms with E-state index in [2.05, 4.69) is 18.7 Å². The Morgan fingerprint density at radius 2 is 1.83 bits per heavy atom. The SMILES string of the molecule is CCCOc1ccc(C2(O)OC(=O)C(c3ccc4nsnc4c3)=C2Cc2ccc3nc[nH]c3c2)cc1. The van der Waals surface area contributed by atoms with Crippen LogP contribution in [-0.2, 0) is 21.7 Å². The summed E-state index contributed by atoms with van der Waals surface area (Å²) >= 11 is 1.11. The van der Waals surface area contributed by atoms with E-state index >= 15 is 0 Å². The molecule has 36 heavy (non-hydrogen) atoms. The van der Waals surface area contributed by atoms with E-state index in [1.807, 2.05) is 37.3 Å². The van der Waals surface area contributed by atoms with Gasteiger partial charge in [-0.3, -0.25) is 0 Å². The van der Waals surface area contributed by atoms with Crippen LogP contribution in [0.4, 0.5) is 0 Å². The van der Waals surface area contributed by atoms with Crippen LogP contribution in [0.5, 0.6) is 5.75 Å². The van der Waals surface area contributed by atoms with Gasteiger partial charge in [0.1, 0.15) is 16.8 Å². The number of hydrogen-bond acceptors (Lipinski definition) is 8. The van der Waals surface area contributed by atoms with Gasteiger partial charge >= 0.3 is 5.97 Å². The quantitative estimate of drug-likeness (QED) is 0.312. The number of carbonyl (C=O) groups excluding carboxylic acids is 1. The van der Waals surface area contributed by atoms with Crippen molar-refractivity contribution >= 4 is 45.3 Å². The lowest BCUT2D eigenvalue weighted by molar-refractivity contribution is -0.185. The number of aliphatic hydroxyl groups is 1. The third-order valence-electron chi connectivity index (χ3n) is 6.28. The number of imidazole rings is 1. The lowest BCUT2D eigenvalue weighted by Gasteiger charge is -2.26. The minimum absolute atomic E-state index is 0.286. The normalized spacial score (nSPS) is 17.8. The van der Waals surface area contributed by atoms with Crippen LogP contribution >= 0.6 is 11.7 Å². The van der Waals surface area contributed by atoms with Crippen molar-refractivity contribution < 1.29 is 19.4 Å². The number of rotatable bonds is 7. The maximum absolute atomic E-state index is 13.3. The molecule has 5 aromatic rings. The molecular formula is C27H22N4O4S. The topological polar surface area (TPSA) is 110 Å². The average molecular weight is 499 g/mol. The van der Waals surface area contributed by atoms with Gasteiger partial charge in [-0.2, -0.15) is 8.75 Å². The molecule has 0 amide bonds. The summed E-state index contributed by atoms with van der Waals surface area (Å²) in [5, 5.41) is 11.9. The van der Waals surface area contributed by atoms with Crippen LogP contribution in [0.2, 0.25) is 0 Å². The number of nitrogens with one attached hydrogen (secondary N) is 1. The Balaban J connectivity index is 1.48. The highest BCUT2D eigenvalue weighted by atomic mass is 32.1. The van der Waals surface area contributed by atoms with E-state index in [9.17, 15) is 9.90 Å². The van der Waals surface area contributed by atoms with E-state index in [-0.39, 0.29) is 6.42 Å². The molecule has 0 radical (unpaired) electrons. The number of hydrogen-bond donors (Lipinski definition) is 2. The minimum Gasteiger partial charge on any atom is -0.494 e. The fourth-order valence-corrected chi connectivity index (χ4v) is 5.02. The maximum Gasteiger partial charge on any atom is 0.342 e. The molecule has 2 aromatic heterocycles. The Kier molecular flexibility index (Phi) is 5.50. The smallest absolute Gasteiger partial charge is 0.342 e. The lowest BCUT2D eigenvalue weighted by Crippen LogP contribution is -2.29. The molecule has 8 nitrogen and oxygen atoms in total. The Labute approximate surface area is 210 Å². The molecule has 0 saturated heterocycles. The van der Waals surface area contributed by atoms with Gasteiger partial charge < -0.3 is 19.6 Å². The zero-order valence-corrected chi connectivity index (χ0v) is 20.2. The number of aromatic nitrogens is 4. The molecule has 0 aliphatic carbocycles. The Morgan fingerprint density at radius 1 is 1.03 bits per heavy atom. The Morgan fingerprint density at radius 3 is 2.67 bits per heavy atom. The van der Waals surface area contributed by atoms with Crippen molar-refractivity contribution in [3.05, 3.63) is 89.3 Å². The van der Waals surface area contributed by atoms with Crippen LogP contribution in [-0.4, -0.2) is 36.4 Å². The summed E-state index contributed by atoms with van der Waals surface area (Å²) in [5.74, 6) is -1.84. The first-order valence-electron chi connectivity index (χ1n) is 11.6. The van der Waals surface area contributed by atoms with E-state index in [0.717, 1.165) is 40.3 Å². The molecule has 180 valence electrons. The number of carbonyl (C=O) groups is 1. The molecule has 2 N–H and O–H groups in total. The molecule has 1 unspecified atom stereocenters. The monoisotopic (exact) mass is 498 g/mol. The van der Waals surface area contributed by atoms with Crippen LogP contribution in [0.25, 0.3) is 27.6 Å². The van der Waals surface area contributed by atoms with E-state index in [1.165, 1.54) is 0 Å². The number of benzene rings is 3. The first kappa shape index (κ1) is 22.4. The van der Waals surface area contributed by atoms with Crippen molar-refractivity contribution in [2.75, 3.05) is 6.61 Å².